The third-order valence-electron chi connectivity index (χ3n) is 3.88. The number of halogens is 1. The molecule has 2 N–H and O–H groups in total. The van der Waals surface area contributed by atoms with E-state index in [1.54, 1.807) is 25.3 Å². The van der Waals surface area contributed by atoms with E-state index in [4.69, 9.17) is 16.3 Å². The molecule has 0 aliphatic carbocycles. The van der Waals surface area contributed by atoms with E-state index in [9.17, 15) is 4.79 Å². The van der Waals surface area contributed by atoms with Gasteiger partial charge in [-0.3, -0.25) is 4.79 Å². The Labute approximate surface area is 157 Å². The molecule has 0 saturated heterocycles. The van der Waals surface area contributed by atoms with Crippen molar-refractivity contribution in [1.29, 1.82) is 0 Å². The second kappa shape index (κ2) is 8.65. The Balaban J connectivity index is 1.92. The zero-order chi connectivity index (χ0) is 18.4. The smallest absolute Gasteiger partial charge is 0.255 e. The summed E-state index contributed by atoms with van der Waals surface area (Å²) in [6.07, 6.45) is 2.55. The molecule has 0 aliphatic rings. The van der Waals surface area contributed by atoms with Crippen molar-refractivity contribution in [2.75, 3.05) is 20.3 Å². The van der Waals surface area contributed by atoms with Crippen molar-refractivity contribution in [3.63, 3.8) is 0 Å². The quantitative estimate of drug-likeness (QED) is 0.490. The maximum absolute atomic E-state index is 12.7. The molecule has 0 unspecified atom stereocenters. The van der Waals surface area contributed by atoms with Crippen LogP contribution >= 0.6 is 11.6 Å². The molecule has 1 amide bonds. The Morgan fingerprint density at radius 3 is 2.73 bits per heavy atom. The van der Waals surface area contributed by atoms with Crippen LogP contribution in [0.1, 0.15) is 17.8 Å². The van der Waals surface area contributed by atoms with Gasteiger partial charge in [0.05, 0.1) is 16.6 Å². The Morgan fingerprint density at radius 1 is 1.23 bits per heavy atom. The number of hydrogen-bond acceptors (Lipinski definition) is 3. The second-order valence-electron chi connectivity index (χ2n) is 5.81. The summed E-state index contributed by atoms with van der Waals surface area (Å²) in [4.78, 5) is 20.5. The average Bonchev–Trinajstić information content (AvgIpc) is 3.08. The van der Waals surface area contributed by atoms with Crippen LogP contribution in [0.2, 0.25) is 5.02 Å². The minimum atomic E-state index is -0.185. The third-order valence-corrected chi connectivity index (χ3v) is 4.13. The number of rotatable bonds is 7. The fourth-order valence-electron chi connectivity index (χ4n) is 2.56. The van der Waals surface area contributed by atoms with Gasteiger partial charge in [-0.25, -0.2) is 4.98 Å². The van der Waals surface area contributed by atoms with Crippen LogP contribution in [-0.4, -0.2) is 36.1 Å². The Hall–Kier alpha value is -2.63. The number of H-pyrrole nitrogens is 1. The van der Waals surface area contributed by atoms with Crippen LogP contribution in [-0.2, 0) is 9.53 Å². The molecule has 2 aromatic carbocycles. The highest BCUT2D eigenvalue weighted by Crippen LogP contribution is 2.21. The molecule has 5 nitrogen and oxygen atoms in total. The molecule has 0 aliphatic heterocycles. The number of aromatic amines is 1. The van der Waals surface area contributed by atoms with E-state index in [-0.39, 0.29) is 5.91 Å². The van der Waals surface area contributed by atoms with Crippen LogP contribution in [0.25, 0.3) is 22.7 Å². The van der Waals surface area contributed by atoms with Crippen molar-refractivity contribution in [2.24, 2.45) is 0 Å². The monoisotopic (exact) mass is 369 g/mol. The van der Waals surface area contributed by atoms with Crippen LogP contribution in [0.15, 0.2) is 48.5 Å². The summed E-state index contributed by atoms with van der Waals surface area (Å²) in [6.45, 7) is 1.13. The Bertz CT molecular complexity index is 883. The number of amides is 1. The van der Waals surface area contributed by atoms with E-state index >= 15 is 0 Å². The molecule has 3 aromatic rings. The summed E-state index contributed by atoms with van der Waals surface area (Å²) in [6, 6.07) is 15.0. The van der Waals surface area contributed by atoms with Gasteiger partial charge in [0.2, 0.25) is 0 Å². The number of imidazole rings is 1. The maximum atomic E-state index is 12.7. The van der Waals surface area contributed by atoms with Crippen molar-refractivity contribution < 1.29 is 9.53 Å². The predicted molar refractivity (Wildman–Crippen MR) is 105 cm³/mol. The minimum absolute atomic E-state index is 0.185. The number of fused-ring (bicyclic) bond motifs is 1. The van der Waals surface area contributed by atoms with Gasteiger partial charge in [-0.15, -0.1) is 0 Å². The molecule has 0 bridgehead atoms. The van der Waals surface area contributed by atoms with E-state index in [2.05, 4.69) is 15.3 Å². The maximum Gasteiger partial charge on any atom is 0.255 e. The lowest BCUT2D eigenvalue weighted by atomic mass is 10.1. The third kappa shape index (κ3) is 4.50. The molecular formula is C20H20ClN3O2. The fraction of sp³-hybridized carbons (Fsp3) is 0.200. The standard InChI is InChI=1S/C20H20ClN3O2/c1-26-12-4-11-22-20(25)16(13-14-7-9-15(21)10-8-14)19-23-17-5-2-3-6-18(17)24-19/h2-3,5-10,13H,4,11-12H2,1H3,(H,22,25)(H,23,24). The van der Waals surface area contributed by atoms with Crippen molar-refractivity contribution in [1.82, 2.24) is 15.3 Å². The Morgan fingerprint density at radius 2 is 2.00 bits per heavy atom. The molecule has 0 radical (unpaired) electrons. The SMILES string of the molecule is COCCCNC(=O)C(=Cc1ccc(Cl)cc1)c1nc2ccccc2[nH]1. The first-order valence-electron chi connectivity index (χ1n) is 8.37. The summed E-state index contributed by atoms with van der Waals surface area (Å²) in [5, 5.41) is 3.57. The largest absolute Gasteiger partial charge is 0.385 e. The highest BCUT2D eigenvalue weighted by Gasteiger charge is 2.16. The first-order chi connectivity index (χ1) is 12.7. The highest BCUT2D eigenvalue weighted by molar-refractivity contribution is 6.30. The number of ether oxygens (including phenoxy) is 1. The number of methoxy groups -OCH3 is 1. The van der Waals surface area contributed by atoms with Gasteiger partial charge in [0, 0.05) is 25.3 Å². The summed E-state index contributed by atoms with van der Waals surface area (Å²) < 4.78 is 5.02. The fourth-order valence-corrected chi connectivity index (χ4v) is 2.69. The van der Waals surface area contributed by atoms with Gasteiger partial charge in [0.25, 0.3) is 5.91 Å². The predicted octanol–water partition coefficient (Wildman–Crippen LogP) is 3.91. The average molecular weight is 370 g/mol. The van der Waals surface area contributed by atoms with E-state index in [0.717, 1.165) is 23.0 Å². The first kappa shape index (κ1) is 18.2. The van der Waals surface area contributed by atoms with E-state index in [1.165, 1.54) is 0 Å². The molecule has 1 aromatic heterocycles. The zero-order valence-corrected chi connectivity index (χ0v) is 15.2. The summed E-state index contributed by atoms with van der Waals surface area (Å²) >= 11 is 5.95. The summed E-state index contributed by atoms with van der Waals surface area (Å²) in [5.74, 6) is 0.348. The number of nitrogens with zero attached hydrogens (tertiary/aromatic N) is 1. The molecule has 26 heavy (non-hydrogen) atoms. The topological polar surface area (TPSA) is 67.0 Å². The molecular weight excluding hydrogens is 350 g/mol. The second-order valence-corrected chi connectivity index (χ2v) is 6.25. The van der Waals surface area contributed by atoms with Crippen LogP contribution < -0.4 is 5.32 Å². The lowest BCUT2D eigenvalue weighted by Crippen LogP contribution is -2.26. The highest BCUT2D eigenvalue weighted by atomic mass is 35.5. The van der Waals surface area contributed by atoms with Crippen LogP contribution in [0, 0.1) is 0 Å². The van der Waals surface area contributed by atoms with Crippen molar-refractivity contribution in [3.8, 4) is 0 Å². The van der Waals surface area contributed by atoms with Gasteiger partial charge in [-0.05, 0) is 42.3 Å². The molecule has 1 heterocycles. The Kier molecular flexibility index (Phi) is 6.04. The van der Waals surface area contributed by atoms with Gasteiger partial charge < -0.3 is 15.0 Å². The van der Waals surface area contributed by atoms with E-state index < -0.39 is 0 Å². The number of nitrogens with one attached hydrogen (secondary N) is 2. The van der Waals surface area contributed by atoms with Gasteiger partial charge in [-0.1, -0.05) is 35.9 Å². The number of carbonyl (C=O) groups is 1. The lowest BCUT2D eigenvalue weighted by molar-refractivity contribution is -0.115. The molecule has 0 saturated carbocycles. The van der Waals surface area contributed by atoms with Gasteiger partial charge in [0.15, 0.2) is 0 Å². The molecule has 134 valence electrons. The normalized spacial score (nSPS) is 11.7. The van der Waals surface area contributed by atoms with Crippen molar-refractivity contribution >= 4 is 40.2 Å². The van der Waals surface area contributed by atoms with Crippen LogP contribution in [0.4, 0.5) is 0 Å². The van der Waals surface area contributed by atoms with Gasteiger partial charge in [0.1, 0.15) is 5.82 Å². The first-order valence-corrected chi connectivity index (χ1v) is 8.74. The molecule has 0 spiro atoms. The zero-order valence-electron chi connectivity index (χ0n) is 14.5. The van der Waals surface area contributed by atoms with Crippen molar-refractivity contribution in [3.05, 3.63) is 64.9 Å². The van der Waals surface area contributed by atoms with Gasteiger partial charge in [-0.2, -0.15) is 0 Å². The van der Waals surface area contributed by atoms with Crippen molar-refractivity contribution in [2.45, 2.75) is 6.42 Å². The van der Waals surface area contributed by atoms with Crippen LogP contribution in [0.5, 0.6) is 0 Å². The number of aromatic nitrogens is 2. The number of hydrogen-bond donors (Lipinski definition) is 2. The summed E-state index contributed by atoms with van der Waals surface area (Å²) in [5.41, 5.74) is 3.05. The molecule has 0 fully saturated rings. The number of para-hydroxylation sites is 2. The lowest BCUT2D eigenvalue weighted by Gasteiger charge is -2.07. The summed E-state index contributed by atoms with van der Waals surface area (Å²) in [7, 11) is 1.64. The van der Waals surface area contributed by atoms with E-state index in [1.807, 2.05) is 36.4 Å². The molecule has 6 heteroatoms. The van der Waals surface area contributed by atoms with Gasteiger partial charge >= 0.3 is 0 Å². The van der Waals surface area contributed by atoms with E-state index in [0.29, 0.717) is 29.6 Å². The molecule has 3 rings (SSSR count). The van der Waals surface area contributed by atoms with Crippen LogP contribution in [0.3, 0.4) is 0 Å². The minimum Gasteiger partial charge on any atom is -0.385 e. The molecule has 0 atom stereocenters. The number of carbonyl (C=O) groups excluding carboxylic acids is 1. The number of benzene rings is 2.